The summed E-state index contributed by atoms with van der Waals surface area (Å²) in [6.45, 7) is 4.65. The molecular weight excluding hydrogens is 362 g/mol. The second-order valence-electron chi connectivity index (χ2n) is 8.24. The first-order valence-corrected chi connectivity index (χ1v) is 10.5. The summed E-state index contributed by atoms with van der Waals surface area (Å²) in [5, 5.41) is 9.37. The molecular formula is C21H25NO4S. The molecule has 0 spiro atoms. The van der Waals surface area contributed by atoms with Crippen molar-refractivity contribution in [1.29, 1.82) is 0 Å². The van der Waals surface area contributed by atoms with Crippen LogP contribution < -0.4 is 0 Å². The SMILES string of the molecule is CC1(C)COC(c2c(CC(=O)C3=C(C(=O)O)CCC3)sc3c2CCCC3)=N1. The number of nitrogens with zero attached hydrogens (tertiary/aromatic N) is 1. The summed E-state index contributed by atoms with van der Waals surface area (Å²) in [6.07, 6.45) is 6.44. The van der Waals surface area contributed by atoms with Crippen molar-refractivity contribution in [3.8, 4) is 0 Å². The monoisotopic (exact) mass is 387 g/mol. The van der Waals surface area contributed by atoms with E-state index in [-0.39, 0.29) is 17.7 Å². The summed E-state index contributed by atoms with van der Waals surface area (Å²) in [5.41, 5.74) is 2.88. The summed E-state index contributed by atoms with van der Waals surface area (Å²) < 4.78 is 5.93. The zero-order valence-electron chi connectivity index (χ0n) is 15.9. The molecule has 0 saturated carbocycles. The number of hydrogen-bond acceptors (Lipinski definition) is 5. The van der Waals surface area contributed by atoms with Crippen LogP contribution in [0.1, 0.15) is 66.8 Å². The van der Waals surface area contributed by atoms with Gasteiger partial charge in [0.1, 0.15) is 6.61 Å². The van der Waals surface area contributed by atoms with Crippen LogP contribution in [0.2, 0.25) is 0 Å². The third-order valence-electron chi connectivity index (χ3n) is 5.56. The average molecular weight is 388 g/mol. The smallest absolute Gasteiger partial charge is 0.331 e. The third kappa shape index (κ3) is 3.47. The second-order valence-corrected chi connectivity index (χ2v) is 9.43. The third-order valence-corrected chi connectivity index (χ3v) is 6.85. The van der Waals surface area contributed by atoms with Gasteiger partial charge in [0, 0.05) is 27.3 Å². The van der Waals surface area contributed by atoms with Gasteiger partial charge in [-0.25, -0.2) is 9.79 Å². The van der Waals surface area contributed by atoms with Crippen molar-refractivity contribution < 1.29 is 19.4 Å². The molecule has 1 aromatic heterocycles. The van der Waals surface area contributed by atoms with Crippen LogP contribution >= 0.6 is 11.3 Å². The predicted octanol–water partition coefficient (Wildman–Crippen LogP) is 3.86. The number of rotatable bonds is 5. The van der Waals surface area contributed by atoms with E-state index in [1.165, 1.54) is 16.9 Å². The lowest BCUT2D eigenvalue weighted by Gasteiger charge is -2.13. The number of aliphatic carboxylic acids is 1. The molecule has 0 saturated heterocycles. The maximum atomic E-state index is 12.9. The molecule has 2 aliphatic carbocycles. The average Bonchev–Trinajstić information content (AvgIpc) is 3.30. The van der Waals surface area contributed by atoms with Crippen molar-refractivity contribution >= 4 is 29.0 Å². The Balaban J connectivity index is 1.71. The normalized spacial score (nSPS) is 21.0. The van der Waals surface area contributed by atoms with Gasteiger partial charge in [0.2, 0.25) is 5.90 Å². The van der Waals surface area contributed by atoms with E-state index >= 15 is 0 Å². The zero-order valence-corrected chi connectivity index (χ0v) is 16.7. The number of aliphatic imine (C=N–C) groups is 1. The summed E-state index contributed by atoms with van der Waals surface area (Å²) >= 11 is 1.69. The number of carboxylic acid groups (broad SMARTS) is 1. The fourth-order valence-corrected chi connectivity index (χ4v) is 5.63. The van der Waals surface area contributed by atoms with Crippen molar-refractivity contribution in [3.63, 3.8) is 0 Å². The number of carbonyl (C=O) groups is 2. The maximum Gasteiger partial charge on any atom is 0.331 e. The first-order chi connectivity index (χ1) is 12.9. The van der Waals surface area contributed by atoms with Gasteiger partial charge in [-0.1, -0.05) is 0 Å². The Morgan fingerprint density at radius 1 is 1.11 bits per heavy atom. The highest BCUT2D eigenvalue weighted by atomic mass is 32.1. The number of allylic oxidation sites excluding steroid dienone is 1. The van der Waals surface area contributed by atoms with Gasteiger partial charge in [-0.15, -0.1) is 11.3 Å². The van der Waals surface area contributed by atoms with Gasteiger partial charge in [0.15, 0.2) is 5.78 Å². The number of thiophene rings is 1. The highest BCUT2D eigenvalue weighted by Crippen LogP contribution is 2.38. The van der Waals surface area contributed by atoms with Crippen LogP contribution in [-0.4, -0.2) is 34.9 Å². The summed E-state index contributed by atoms with van der Waals surface area (Å²) in [6, 6.07) is 0. The first kappa shape index (κ1) is 18.4. The Hall–Kier alpha value is -1.95. The zero-order chi connectivity index (χ0) is 19.2. The number of ketones is 1. The molecule has 0 unspecified atom stereocenters. The molecule has 0 atom stereocenters. The molecule has 5 nitrogen and oxygen atoms in total. The molecule has 144 valence electrons. The van der Waals surface area contributed by atoms with Crippen molar-refractivity contribution in [2.75, 3.05) is 6.61 Å². The van der Waals surface area contributed by atoms with Gasteiger partial charge in [0.05, 0.1) is 11.1 Å². The van der Waals surface area contributed by atoms with E-state index in [0.717, 1.165) is 36.1 Å². The van der Waals surface area contributed by atoms with Gasteiger partial charge < -0.3 is 9.84 Å². The van der Waals surface area contributed by atoms with Gasteiger partial charge in [0.25, 0.3) is 0 Å². The lowest BCUT2D eigenvalue weighted by atomic mass is 9.93. The van der Waals surface area contributed by atoms with Crippen molar-refractivity contribution in [3.05, 3.63) is 32.0 Å². The van der Waals surface area contributed by atoms with Gasteiger partial charge in [-0.3, -0.25) is 4.79 Å². The molecule has 0 radical (unpaired) electrons. The minimum Gasteiger partial charge on any atom is -0.478 e. The molecule has 1 N–H and O–H groups in total. The largest absolute Gasteiger partial charge is 0.478 e. The number of aryl methyl sites for hydroxylation is 1. The van der Waals surface area contributed by atoms with E-state index in [2.05, 4.69) is 0 Å². The van der Waals surface area contributed by atoms with E-state index in [0.29, 0.717) is 36.5 Å². The Morgan fingerprint density at radius 3 is 2.56 bits per heavy atom. The fourth-order valence-electron chi connectivity index (χ4n) is 4.25. The first-order valence-electron chi connectivity index (χ1n) is 9.70. The van der Waals surface area contributed by atoms with Crippen LogP contribution in [0.15, 0.2) is 16.1 Å². The number of ether oxygens (including phenoxy) is 1. The van der Waals surface area contributed by atoms with Crippen LogP contribution in [0.25, 0.3) is 0 Å². The molecule has 0 fully saturated rings. The highest BCUT2D eigenvalue weighted by molar-refractivity contribution is 7.12. The minimum absolute atomic E-state index is 0.0531. The van der Waals surface area contributed by atoms with E-state index in [9.17, 15) is 14.7 Å². The van der Waals surface area contributed by atoms with E-state index in [1.807, 2.05) is 13.8 Å². The molecule has 2 heterocycles. The van der Waals surface area contributed by atoms with Crippen LogP contribution in [-0.2, 0) is 33.6 Å². The molecule has 4 rings (SSSR count). The number of fused-ring (bicyclic) bond motifs is 1. The number of Topliss-reactive ketones (excluding diaryl/α,β-unsaturated/α-hetero) is 1. The Bertz CT molecular complexity index is 875. The standard InChI is InChI=1S/C21H25NO4S/c1-21(2)11-26-19(22-21)18-14-6-3-4-9-16(14)27-17(18)10-15(23)12-7-5-8-13(12)20(24)25/h3-11H2,1-2H3,(H,24,25). The van der Waals surface area contributed by atoms with Crippen LogP contribution in [0.3, 0.4) is 0 Å². The molecule has 0 amide bonds. The van der Waals surface area contributed by atoms with E-state index in [4.69, 9.17) is 9.73 Å². The number of carboxylic acids is 1. The number of hydrogen-bond donors (Lipinski definition) is 1. The van der Waals surface area contributed by atoms with Crippen molar-refractivity contribution in [2.24, 2.45) is 4.99 Å². The fraction of sp³-hybridized carbons (Fsp3) is 0.571. The lowest BCUT2D eigenvalue weighted by Crippen LogP contribution is -2.17. The van der Waals surface area contributed by atoms with E-state index < -0.39 is 5.97 Å². The second kappa shape index (κ2) is 6.89. The highest BCUT2D eigenvalue weighted by Gasteiger charge is 2.34. The van der Waals surface area contributed by atoms with Crippen LogP contribution in [0, 0.1) is 0 Å². The Morgan fingerprint density at radius 2 is 1.85 bits per heavy atom. The molecule has 0 aromatic carbocycles. The summed E-state index contributed by atoms with van der Waals surface area (Å²) in [7, 11) is 0. The van der Waals surface area contributed by atoms with Crippen LogP contribution in [0.5, 0.6) is 0 Å². The molecule has 3 aliphatic rings. The Labute approximate surface area is 163 Å². The molecule has 6 heteroatoms. The quantitative estimate of drug-likeness (QED) is 0.832. The molecule has 1 aromatic rings. The number of carbonyl (C=O) groups excluding carboxylic acids is 1. The summed E-state index contributed by atoms with van der Waals surface area (Å²) in [4.78, 5) is 31.5. The van der Waals surface area contributed by atoms with E-state index in [1.54, 1.807) is 11.3 Å². The van der Waals surface area contributed by atoms with Crippen molar-refractivity contribution in [2.45, 2.75) is 70.8 Å². The lowest BCUT2D eigenvalue weighted by molar-refractivity contribution is -0.133. The predicted molar refractivity (Wildman–Crippen MR) is 105 cm³/mol. The molecule has 0 bridgehead atoms. The van der Waals surface area contributed by atoms with Gasteiger partial charge >= 0.3 is 5.97 Å². The van der Waals surface area contributed by atoms with Crippen molar-refractivity contribution in [1.82, 2.24) is 0 Å². The summed E-state index contributed by atoms with van der Waals surface area (Å²) in [5.74, 6) is -0.338. The minimum atomic E-state index is -0.952. The van der Waals surface area contributed by atoms with Gasteiger partial charge in [-0.2, -0.15) is 0 Å². The topological polar surface area (TPSA) is 76.0 Å². The Kier molecular flexibility index (Phi) is 4.70. The maximum absolute atomic E-state index is 12.9. The van der Waals surface area contributed by atoms with Gasteiger partial charge in [-0.05, 0) is 64.4 Å². The molecule has 27 heavy (non-hydrogen) atoms. The molecule has 1 aliphatic heterocycles. The van der Waals surface area contributed by atoms with Crippen LogP contribution in [0.4, 0.5) is 0 Å².